The van der Waals surface area contributed by atoms with E-state index in [2.05, 4.69) is 39.4 Å². The predicted octanol–water partition coefficient (Wildman–Crippen LogP) is 5.63. The topological polar surface area (TPSA) is 48.1 Å². The number of hydrogen-bond donors (Lipinski definition) is 1. The number of carbonyl (C=O) groups is 1. The molecule has 39 heavy (non-hydrogen) atoms. The summed E-state index contributed by atoms with van der Waals surface area (Å²) in [6.07, 6.45) is -0.170. The predicted molar refractivity (Wildman–Crippen MR) is 158 cm³/mol. The van der Waals surface area contributed by atoms with Crippen LogP contribution in [0.25, 0.3) is 0 Å². The van der Waals surface area contributed by atoms with Crippen LogP contribution in [-0.4, -0.2) is 78.8 Å². The second kappa shape index (κ2) is 12.4. The molecule has 0 aliphatic carbocycles. The minimum absolute atomic E-state index is 0.170. The van der Waals surface area contributed by atoms with Crippen molar-refractivity contribution in [2.45, 2.75) is 39.5 Å². The van der Waals surface area contributed by atoms with Crippen LogP contribution in [0.15, 0.2) is 48.5 Å². The highest BCUT2D eigenvalue weighted by Crippen LogP contribution is 2.33. The van der Waals surface area contributed by atoms with Gasteiger partial charge in [0.25, 0.3) is 0 Å². The summed E-state index contributed by atoms with van der Waals surface area (Å²) in [6, 6.07) is 16.3. The molecule has 0 bridgehead atoms. The number of hydrogen-bond acceptors (Lipinski definition) is 5. The minimum Gasteiger partial charge on any atom is -0.444 e. The molecule has 4 aliphatic rings. The van der Waals surface area contributed by atoms with Gasteiger partial charge < -0.3 is 15.0 Å². The fourth-order valence-corrected chi connectivity index (χ4v) is 6.72. The molecule has 6 nitrogen and oxygen atoms in total. The number of fused-ring (bicyclic) bond motifs is 2. The van der Waals surface area contributed by atoms with Crippen LogP contribution in [0.2, 0.25) is 10.0 Å². The lowest BCUT2D eigenvalue weighted by atomic mass is 10.0. The van der Waals surface area contributed by atoms with Crippen LogP contribution in [0.1, 0.15) is 31.9 Å². The molecule has 2 aromatic carbocycles. The number of amides is 1. The van der Waals surface area contributed by atoms with Gasteiger partial charge in [-0.05, 0) is 92.9 Å². The van der Waals surface area contributed by atoms with Crippen molar-refractivity contribution < 1.29 is 9.53 Å². The third kappa shape index (κ3) is 7.89. The molecule has 0 saturated carbocycles. The van der Waals surface area contributed by atoms with E-state index >= 15 is 0 Å². The quantitative estimate of drug-likeness (QED) is 0.514. The second-order valence-corrected chi connectivity index (χ2v) is 13.6. The summed E-state index contributed by atoms with van der Waals surface area (Å²) in [7, 11) is 0. The lowest BCUT2D eigenvalue weighted by Crippen LogP contribution is -2.37. The van der Waals surface area contributed by atoms with E-state index in [1.807, 2.05) is 49.9 Å². The number of nitrogens with zero attached hydrogens (tertiary/aromatic N) is 3. The van der Waals surface area contributed by atoms with Crippen molar-refractivity contribution in [1.29, 1.82) is 0 Å². The average molecular weight is 574 g/mol. The molecule has 4 saturated heterocycles. The lowest BCUT2D eigenvalue weighted by Gasteiger charge is -2.26. The van der Waals surface area contributed by atoms with Gasteiger partial charge in [0.05, 0.1) is 0 Å². The summed E-state index contributed by atoms with van der Waals surface area (Å²) in [6.45, 7) is 16.4. The Morgan fingerprint density at radius 2 is 1.15 bits per heavy atom. The number of halogens is 2. The summed E-state index contributed by atoms with van der Waals surface area (Å²) in [4.78, 5) is 19.1. The number of nitrogens with one attached hydrogen (secondary N) is 1. The molecule has 1 N–H and O–H groups in total. The Balaban J connectivity index is 0.000000168. The Morgan fingerprint density at radius 3 is 1.56 bits per heavy atom. The molecule has 0 spiro atoms. The molecule has 0 radical (unpaired) electrons. The van der Waals surface area contributed by atoms with Gasteiger partial charge in [-0.3, -0.25) is 9.80 Å². The summed E-state index contributed by atoms with van der Waals surface area (Å²) in [5, 5.41) is 5.08. The molecule has 0 aromatic heterocycles. The molecule has 4 aliphatic heterocycles. The molecular weight excluding hydrogens is 531 g/mol. The SMILES string of the molecule is CC(C)(C)OC(=O)N1CC2CN(Cc3ccc(Cl)cc3)CC2C1.Clc1ccc(CN2CC3CNCC3C2)cc1. The first-order valence-electron chi connectivity index (χ1n) is 14.2. The molecule has 212 valence electrons. The first kappa shape index (κ1) is 28.7. The lowest BCUT2D eigenvalue weighted by molar-refractivity contribution is 0.0274. The Morgan fingerprint density at radius 1 is 0.744 bits per heavy atom. The summed E-state index contributed by atoms with van der Waals surface area (Å²) in [5.74, 6) is 2.89. The highest BCUT2D eigenvalue weighted by molar-refractivity contribution is 6.30. The molecule has 6 rings (SSSR count). The zero-order valence-corrected chi connectivity index (χ0v) is 24.9. The maximum Gasteiger partial charge on any atom is 0.410 e. The van der Waals surface area contributed by atoms with Gasteiger partial charge in [0.15, 0.2) is 0 Å². The van der Waals surface area contributed by atoms with Crippen LogP contribution in [0, 0.1) is 23.7 Å². The number of ether oxygens (including phenoxy) is 1. The maximum absolute atomic E-state index is 12.2. The molecule has 4 fully saturated rings. The van der Waals surface area contributed by atoms with E-state index in [0.717, 1.165) is 61.1 Å². The van der Waals surface area contributed by atoms with E-state index < -0.39 is 5.60 Å². The smallest absolute Gasteiger partial charge is 0.410 e. The van der Waals surface area contributed by atoms with Crippen LogP contribution in [0.4, 0.5) is 4.79 Å². The first-order valence-corrected chi connectivity index (χ1v) is 15.0. The zero-order valence-electron chi connectivity index (χ0n) is 23.4. The highest BCUT2D eigenvalue weighted by Gasteiger charge is 2.42. The monoisotopic (exact) mass is 572 g/mol. The van der Waals surface area contributed by atoms with Crippen LogP contribution >= 0.6 is 23.2 Å². The van der Waals surface area contributed by atoms with Gasteiger partial charge in [-0.1, -0.05) is 47.5 Å². The van der Waals surface area contributed by atoms with E-state index in [1.165, 1.54) is 37.3 Å². The van der Waals surface area contributed by atoms with E-state index in [0.29, 0.717) is 11.8 Å². The van der Waals surface area contributed by atoms with Crippen molar-refractivity contribution in [3.63, 3.8) is 0 Å². The number of rotatable bonds is 4. The molecule has 4 atom stereocenters. The minimum atomic E-state index is -0.421. The van der Waals surface area contributed by atoms with Crippen molar-refractivity contribution in [1.82, 2.24) is 20.0 Å². The van der Waals surface area contributed by atoms with Gasteiger partial charge in [-0.15, -0.1) is 0 Å². The van der Waals surface area contributed by atoms with Gasteiger partial charge in [-0.2, -0.15) is 0 Å². The van der Waals surface area contributed by atoms with Crippen LogP contribution in [-0.2, 0) is 17.8 Å². The Kier molecular flexibility index (Phi) is 9.09. The van der Waals surface area contributed by atoms with E-state index in [-0.39, 0.29) is 6.09 Å². The maximum atomic E-state index is 12.2. The standard InChI is InChI=1S/C18H25ClN2O2.C13H17ClN2/c1-18(2,3)23-17(22)21-11-14-9-20(10-15(14)12-21)8-13-4-6-16(19)7-5-13;14-13-3-1-10(2-4-13)7-16-8-11-5-15-6-12(11)9-16/h4-7,14-15H,8-12H2,1-3H3;1-4,11-12,15H,5-9H2. The summed E-state index contributed by atoms with van der Waals surface area (Å²) >= 11 is 11.8. The average Bonchev–Trinajstić information content (AvgIpc) is 3.62. The largest absolute Gasteiger partial charge is 0.444 e. The van der Waals surface area contributed by atoms with Gasteiger partial charge in [0.1, 0.15) is 5.60 Å². The van der Waals surface area contributed by atoms with Gasteiger partial charge in [0.2, 0.25) is 0 Å². The first-order chi connectivity index (χ1) is 18.6. The van der Waals surface area contributed by atoms with Crippen molar-refractivity contribution in [3.05, 3.63) is 69.7 Å². The Bertz CT molecular complexity index is 1080. The van der Waals surface area contributed by atoms with Crippen molar-refractivity contribution in [2.75, 3.05) is 52.4 Å². The molecule has 2 aromatic rings. The second-order valence-electron chi connectivity index (χ2n) is 12.7. The van der Waals surface area contributed by atoms with Gasteiger partial charge >= 0.3 is 6.09 Å². The molecule has 4 heterocycles. The fourth-order valence-electron chi connectivity index (χ4n) is 6.47. The summed E-state index contributed by atoms with van der Waals surface area (Å²) in [5.41, 5.74) is 2.24. The molecular formula is C31H42Cl2N4O2. The van der Waals surface area contributed by atoms with Crippen LogP contribution in [0.5, 0.6) is 0 Å². The van der Waals surface area contributed by atoms with E-state index in [1.54, 1.807) is 0 Å². The van der Waals surface area contributed by atoms with Crippen molar-refractivity contribution in [3.8, 4) is 0 Å². The van der Waals surface area contributed by atoms with Gasteiger partial charge in [0, 0.05) is 62.4 Å². The van der Waals surface area contributed by atoms with Gasteiger partial charge in [-0.25, -0.2) is 4.79 Å². The summed E-state index contributed by atoms with van der Waals surface area (Å²) < 4.78 is 5.48. The molecule has 4 unspecified atom stereocenters. The van der Waals surface area contributed by atoms with Crippen LogP contribution < -0.4 is 5.32 Å². The third-order valence-corrected chi connectivity index (χ3v) is 8.82. The van der Waals surface area contributed by atoms with E-state index in [9.17, 15) is 4.79 Å². The van der Waals surface area contributed by atoms with Crippen molar-refractivity contribution >= 4 is 29.3 Å². The van der Waals surface area contributed by atoms with Crippen molar-refractivity contribution in [2.24, 2.45) is 23.7 Å². The highest BCUT2D eigenvalue weighted by atomic mass is 35.5. The Labute approximate surface area is 243 Å². The molecule has 1 amide bonds. The zero-order chi connectivity index (χ0) is 27.6. The number of benzene rings is 2. The van der Waals surface area contributed by atoms with Crippen LogP contribution in [0.3, 0.4) is 0 Å². The third-order valence-electron chi connectivity index (χ3n) is 8.32. The number of likely N-dealkylation sites (tertiary alicyclic amines) is 3. The normalized spacial score (nSPS) is 26.7. The Hall–Kier alpha value is -1.83. The molecule has 8 heteroatoms. The number of carbonyl (C=O) groups excluding carboxylic acids is 1. The fraction of sp³-hybridized carbons (Fsp3) is 0.581. The van der Waals surface area contributed by atoms with E-state index in [4.69, 9.17) is 27.9 Å².